The third kappa shape index (κ3) is 4.40. The van der Waals surface area contributed by atoms with E-state index in [0.29, 0.717) is 16.8 Å². The smallest absolute Gasteiger partial charge is 0.269 e. The Balaban J connectivity index is 2.03. The Morgan fingerprint density at radius 3 is 2.52 bits per heavy atom. The Kier molecular flexibility index (Phi) is 5.07. The molecule has 1 N–H and O–H groups in total. The van der Waals surface area contributed by atoms with Crippen molar-refractivity contribution in [2.45, 2.75) is 0 Å². The minimum atomic E-state index is -0.491. The molecule has 0 radical (unpaired) electrons. The molecule has 6 nitrogen and oxygen atoms in total. The van der Waals surface area contributed by atoms with Gasteiger partial charge in [0, 0.05) is 23.9 Å². The van der Waals surface area contributed by atoms with E-state index in [9.17, 15) is 14.9 Å². The van der Waals surface area contributed by atoms with Gasteiger partial charge in [-0.1, -0.05) is 11.6 Å². The zero-order chi connectivity index (χ0) is 16.8. The van der Waals surface area contributed by atoms with Crippen LogP contribution >= 0.6 is 11.6 Å². The van der Waals surface area contributed by atoms with Crippen molar-refractivity contribution >= 4 is 35.0 Å². The molecule has 23 heavy (non-hydrogen) atoms. The van der Waals surface area contributed by atoms with Crippen LogP contribution in [0.5, 0.6) is 0 Å². The number of non-ortho nitro benzene ring substituents is 1. The number of nitrogens with zero attached hydrogens (tertiary/aromatic N) is 2. The SMILES string of the molecule is N#Cc1ccc(NC(=O)/C=C/c2ccc([N+](=O)[O-])cc2)cc1Cl. The first-order valence-electron chi connectivity index (χ1n) is 6.43. The second-order valence-electron chi connectivity index (χ2n) is 4.48. The van der Waals surface area contributed by atoms with Gasteiger partial charge in [-0.3, -0.25) is 14.9 Å². The molecule has 0 unspecified atom stereocenters. The standard InChI is InChI=1S/C16H10ClN3O3/c17-15-9-13(5-4-12(15)10-18)19-16(21)8-3-11-1-6-14(7-2-11)20(22)23/h1-9H,(H,19,21)/b8-3+. The number of carbonyl (C=O) groups excluding carboxylic acids is 1. The Hall–Kier alpha value is -3.17. The number of anilines is 1. The molecule has 0 bridgehead atoms. The summed E-state index contributed by atoms with van der Waals surface area (Å²) in [6.45, 7) is 0. The fraction of sp³-hybridized carbons (Fsp3) is 0. The molecule has 0 saturated heterocycles. The molecule has 0 spiro atoms. The number of nitrogens with one attached hydrogen (secondary N) is 1. The number of halogens is 1. The predicted octanol–water partition coefficient (Wildman–Crippen LogP) is 3.77. The number of rotatable bonds is 4. The van der Waals surface area contributed by atoms with E-state index in [1.165, 1.54) is 36.4 Å². The van der Waals surface area contributed by atoms with Crippen LogP contribution in [0.25, 0.3) is 6.08 Å². The lowest BCUT2D eigenvalue weighted by Gasteiger charge is -2.03. The highest BCUT2D eigenvalue weighted by molar-refractivity contribution is 6.32. The van der Waals surface area contributed by atoms with Gasteiger partial charge >= 0.3 is 0 Å². The fourth-order valence-electron chi connectivity index (χ4n) is 1.75. The first-order valence-corrected chi connectivity index (χ1v) is 6.80. The maximum atomic E-state index is 11.8. The molecule has 2 aromatic rings. The van der Waals surface area contributed by atoms with Gasteiger partial charge in [-0.2, -0.15) is 5.26 Å². The van der Waals surface area contributed by atoms with Gasteiger partial charge in [-0.15, -0.1) is 0 Å². The number of nitro groups is 1. The largest absolute Gasteiger partial charge is 0.322 e. The molecular formula is C16H10ClN3O3. The second kappa shape index (κ2) is 7.20. The molecule has 0 fully saturated rings. The van der Waals surface area contributed by atoms with Crippen LogP contribution in [0.15, 0.2) is 48.5 Å². The van der Waals surface area contributed by atoms with Crippen molar-refractivity contribution in [2.75, 3.05) is 5.32 Å². The molecule has 0 aliphatic carbocycles. The van der Waals surface area contributed by atoms with Crippen LogP contribution in [-0.4, -0.2) is 10.8 Å². The van der Waals surface area contributed by atoms with E-state index < -0.39 is 4.92 Å². The maximum Gasteiger partial charge on any atom is 0.269 e. The second-order valence-corrected chi connectivity index (χ2v) is 4.88. The lowest BCUT2D eigenvalue weighted by atomic mass is 10.2. The van der Waals surface area contributed by atoms with Crippen LogP contribution in [0.4, 0.5) is 11.4 Å². The van der Waals surface area contributed by atoms with Gasteiger partial charge in [0.05, 0.1) is 15.5 Å². The van der Waals surface area contributed by atoms with Crippen molar-refractivity contribution in [3.05, 3.63) is 74.8 Å². The summed E-state index contributed by atoms with van der Waals surface area (Å²) in [4.78, 5) is 21.9. The van der Waals surface area contributed by atoms with Crippen LogP contribution in [0.2, 0.25) is 5.02 Å². The van der Waals surface area contributed by atoms with E-state index in [4.69, 9.17) is 16.9 Å². The molecule has 0 saturated carbocycles. The number of benzene rings is 2. The number of nitro benzene ring substituents is 1. The fourth-order valence-corrected chi connectivity index (χ4v) is 1.97. The number of nitriles is 1. The highest BCUT2D eigenvalue weighted by atomic mass is 35.5. The number of hydrogen-bond donors (Lipinski definition) is 1. The zero-order valence-corrected chi connectivity index (χ0v) is 12.4. The van der Waals surface area contributed by atoms with Crippen molar-refractivity contribution in [3.8, 4) is 6.07 Å². The molecule has 0 heterocycles. The van der Waals surface area contributed by atoms with E-state index in [2.05, 4.69) is 5.32 Å². The van der Waals surface area contributed by atoms with Crippen molar-refractivity contribution in [3.63, 3.8) is 0 Å². The van der Waals surface area contributed by atoms with Crippen molar-refractivity contribution in [1.82, 2.24) is 0 Å². The normalized spacial score (nSPS) is 10.3. The Morgan fingerprint density at radius 2 is 1.96 bits per heavy atom. The Labute approximate surface area is 136 Å². The van der Waals surface area contributed by atoms with Crippen molar-refractivity contribution < 1.29 is 9.72 Å². The van der Waals surface area contributed by atoms with Crippen molar-refractivity contribution in [2.24, 2.45) is 0 Å². The van der Waals surface area contributed by atoms with Gasteiger partial charge in [-0.05, 0) is 42.0 Å². The van der Waals surface area contributed by atoms with Crippen LogP contribution in [0.1, 0.15) is 11.1 Å². The van der Waals surface area contributed by atoms with Crippen LogP contribution in [0, 0.1) is 21.4 Å². The highest BCUT2D eigenvalue weighted by Crippen LogP contribution is 2.20. The van der Waals surface area contributed by atoms with Gasteiger partial charge in [-0.25, -0.2) is 0 Å². The minimum Gasteiger partial charge on any atom is -0.322 e. The van der Waals surface area contributed by atoms with E-state index in [0.717, 1.165) is 0 Å². The number of carbonyl (C=O) groups is 1. The molecule has 2 aromatic carbocycles. The molecular weight excluding hydrogens is 318 g/mol. The highest BCUT2D eigenvalue weighted by Gasteiger charge is 2.04. The summed E-state index contributed by atoms with van der Waals surface area (Å²) in [7, 11) is 0. The molecule has 1 amide bonds. The summed E-state index contributed by atoms with van der Waals surface area (Å²) < 4.78 is 0. The summed E-state index contributed by atoms with van der Waals surface area (Å²) in [5, 5.41) is 22.2. The van der Waals surface area contributed by atoms with Crippen LogP contribution < -0.4 is 5.32 Å². The van der Waals surface area contributed by atoms with Gasteiger partial charge in [0.1, 0.15) is 6.07 Å². The molecule has 114 valence electrons. The monoisotopic (exact) mass is 327 g/mol. The summed E-state index contributed by atoms with van der Waals surface area (Å²) in [5.74, 6) is -0.385. The predicted molar refractivity (Wildman–Crippen MR) is 86.9 cm³/mol. The Bertz CT molecular complexity index is 823. The maximum absolute atomic E-state index is 11.8. The number of hydrogen-bond acceptors (Lipinski definition) is 4. The van der Waals surface area contributed by atoms with Crippen molar-refractivity contribution in [1.29, 1.82) is 5.26 Å². The van der Waals surface area contributed by atoms with E-state index in [1.54, 1.807) is 18.2 Å². The first-order chi connectivity index (χ1) is 11.0. The topological polar surface area (TPSA) is 96.0 Å². The van der Waals surface area contributed by atoms with Gasteiger partial charge in [0.2, 0.25) is 5.91 Å². The van der Waals surface area contributed by atoms with E-state index in [-0.39, 0.29) is 16.6 Å². The number of amides is 1. The van der Waals surface area contributed by atoms with Crippen LogP contribution in [0.3, 0.4) is 0 Å². The molecule has 2 rings (SSSR count). The molecule has 0 aliphatic rings. The third-order valence-electron chi connectivity index (χ3n) is 2.89. The summed E-state index contributed by atoms with van der Waals surface area (Å²) in [6, 6.07) is 12.3. The molecule has 0 aromatic heterocycles. The molecule has 0 atom stereocenters. The minimum absolute atomic E-state index is 0.0150. The zero-order valence-electron chi connectivity index (χ0n) is 11.7. The summed E-state index contributed by atoms with van der Waals surface area (Å²) in [6.07, 6.45) is 2.83. The average molecular weight is 328 g/mol. The van der Waals surface area contributed by atoms with E-state index in [1.807, 2.05) is 6.07 Å². The van der Waals surface area contributed by atoms with Gasteiger partial charge < -0.3 is 5.32 Å². The lowest BCUT2D eigenvalue weighted by Crippen LogP contribution is -2.07. The summed E-state index contributed by atoms with van der Waals surface area (Å²) in [5.41, 5.74) is 1.43. The quantitative estimate of drug-likeness (QED) is 0.525. The molecule has 0 aliphatic heterocycles. The molecule has 7 heteroatoms. The van der Waals surface area contributed by atoms with Gasteiger partial charge in [0.25, 0.3) is 5.69 Å². The Morgan fingerprint density at radius 1 is 1.26 bits per heavy atom. The summed E-state index contributed by atoms with van der Waals surface area (Å²) >= 11 is 5.88. The lowest BCUT2D eigenvalue weighted by molar-refractivity contribution is -0.384. The third-order valence-corrected chi connectivity index (χ3v) is 3.20. The average Bonchev–Trinajstić information content (AvgIpc) is 2.53. The first kappa shape index (κ1) is 16.2. The van der Waals surface area contributed by atoms with Crippen LogP contribution in [-0.2, 0) is 4.79 Å². The van der Waals surface area contributed by atoms with E-state index >= 15 is 0 Å². The van der Waals surface area contributed by atoms with Gasteiger partial charge in [0.15, 0.2) is 0 Å².